The van der Waals surface area contributed by atoms with Gasteiger partial charge < -0.3 is 10.1 Å². The van der Waals surface area contributed by atoms with E-state index in [0.29, 0.717) is 23.4 Å². The number of nitrogens with one attached hydrogen (secondary N) is 3. The van der Waals surface area contributed by atoms with Gasteiger partial charge in [0, 0.05) is 17.7 Å². The Balaban J connectivity index is 1.83. The van der Waals surface area contributed by atoms with Crippen LogP contribution in [0.5, 0.6) is 5.75 Å². The normalized spacial score (nSPS) is 11.2. The first-order valence-corrected chi connectivity index (χ1v) is 9.18. The molecule has 3 N–H and O–H groups in total. The zero-order chi connectivity index (χ0) is 20.5. The number of hydrogen-bond acceptors (Lipinski definition) is 4. The number of amides is 3. The summed E-state index contributed by atoms with van der Waals surface area (Å²) in [7, 11) is 0. The molecule has 0 aromatic heterocycles. The minimum Gasteiger partial charge on any atom is -0.481 e. The first-order chi connectivity index (χ1) is 13.4. The summed E-state index contributed by atoms with van der Waals surface area (Å²) in [5.74, 6) is -0.473. The van der Waals surface area contributed by atoms with E-state index in [1.807, 2.05) is 12.1 Å². The van der Waals surface area contributed by atoms with Gasteiger partial charge in [-0.15, -0.1) is 0 Å². The molecule has 0 aliphatic rings. The average Bonchev–Trinajstić information content (AvgIpc) is 2.72. The van der Waals surface area contributed by atoms with E-state index in [-0.39, 0.29) is 5.91 Å². The fourth-order valence-electron chi connectivity index (χ4n) is 2.31. The van der Waals surface area contributed by atoms with E-state index in [2.05, 4.69) is 23.1 Å². The van der Waals surface area contributed by atoms with Crippen molar-refractivity contribution in [3.05, 3.63) is 59.7 Å². The van der Waals surface area contributed by atoms with Crippen molar-refractivity contribution in [3.63, 3.8) is 0 Å². The summed E-state index contributed by atoms with van der Waals surface area (Å²) >= 11 is 0. The molecule has 3 amide bonds. The third kappa shape index (κ3) is 6.12. The quantitative estimate of drug-likeness (QED) is 0.641. The molecule has 0 heterocycles. The van der Waals surface area contributed by atoms with E-state index in [9.17, 15) is 14.4 Å². The summed E-state index contributed by atoms with van der Waals surface area (Å²) < 4.78 is 5.57. The van der Waals surface area contributed by atoms with Gasteiger partial charge in [-0.1, -0.05) is 26.0 Å². The Morgan fingerprint density at radius 1 is 0.929 bits per heavy atom. The molecule has 0 saturated carbocycles. The first kappa shape index (κ1) is 21.0. The summed E-state index contributed by atoms with van der Waals surface area (Å²) in [5.41, 5.74) is 6.82. The maximum atomic E-state index is 12.1. The molecule has 148 valence electrons. The Morgan fingerprint density at radius 2 is 1.57 bits per heavy atom. The van der Waals surface area contributed by atoms with E-state index >= 15 is 0 Å². The third-order valence-electron chi connectivity index (χ3n) is 4.06. The molecule has 0 saturated heterocycles. The van der Waals surface area contributed by atoms with E-state index in [0.717, 1.165) is 6.42 Å². The summed E-state index contributed by atoms with van der Waals surface area (Å²) in [6.45, 7) is 5.41. The van der Waals surface area contributed by atoms with E-state index < -0.39 is 17.9 Å². The zero-order valence-electron chi connectivity index (χ0n) is 16.2. The number of aryl methyl sites for hydroxylation is 1. The minimum absolute atomic E-state index is 0.109. The standard InChI is InChI=1S/C21H25N3O4/c1-4-15-6-12-18(13-7-15)28-14(3)20(26)23-24-21(27)16-8-10-17(11-9-16)22-19(25)5-2/h6-14H,4-5H2,1-3H3,(H,22,25)(H,23,26)(H,24,27)/t14-/m1/s1. The molecule has 0 radical (unpaired) electrons. The van der Waals surface area contributed by atoms with Gasteiger partial charge in [-0.25, -0.2) is 0 Å². The van der Waals surface area contributed by atoms with Gasteiger partial charge in [-0.05, 0) is 55.3 Å². The molecule has 7 heteroatoms. The summed E-state index contributed by atoms with van der Waals surface area (Å²) in [4.78, 5) is 35.6. The van der Waals surface area contributed by atoms with Crippen LogP contribution >= 0.6 is 0 Å². The third-order valence-corrected chi connectivity index (χ3v) is 4.06. The topological polar surface area (TPSA) is 96.5 Å². The van der Waals surface area contributed by atoms with Gasteiger partial charge >= 0.3 is 0 Å². The molecule has 0 aliphatic carbocycles. The van der Waals surface area contributed by atoms with Crippen molar-refractivity contribution in [2.45, 2.75) is 39.7 Å². The largest absolute Gasteiger partial charge is 0.481 e. The second-order valence-electron chi connectivity index (χ2n) is 6.18. The Hall–Kier alpha value is -3.35. The van der Waals surface area contributed by atoms with E-state index in [4.69, 9.17) is 4.74 Å². The van der Waals surface area contributed by atoms with Gasteiger partial charge in [0.25, 0.3) is 11.8 Å². The highest BCUT2D eigenvalue weighted by Gasteiger charge is 2.16. The van der Waals surface area contributed by atoms with Gasteiger partial charge in [0.2, 0.25) is 5.91 Å². The second-order valence-corrected chi connectivity index (χ2v) is 6.18. The first-order valence-electron chi connectivity index (χ1n) is 9.18. The van der Waals surface area contributed by atoms with Gasteiger partial charge in [0.15, 0.2) is 6.10 Å². The highest BCUT2D eigenvalue weighted by Crippen LogP contribution is 2.14. The van der Waals surface area contributed by atoms with Crippen LogP contribution < -0.4 is 20.9 Å². The van der Waals surface area contributed by atoms with Crippen molar-refractivity contribution in [1.82, 2.24) is 10.9 Å². The molecule has 0 bridgehead atoms. The highest BCUT2D eigenvalue weighted by molar-refractivity contribution is 5.97. The fourth-order valence-corrected chi connectivity index (χ4v) is 2.31. The van der Waals surface area contributed by atoms with Crippen LogP contribution in [-0.2, 0) is 16.0 Å². The molecule has 2 aromatic rings. The molecule has 0 aliphatic heterocycles. The van der Waals surface area contributed by atoms with Crippen LogP contribution in [0.3, 0.4) is 0 Å². The molecule has 2 rings (SSSR count). The minimum atomic E-state index is -0.778. The van der Waals surface area contributed by atoms with Gasteiger partial charge in [-0.3, -0.25) is 25.2 Å². The van der Waals surface area contributed by atoms with Gasteiger partial charge in [0.1, 0.15) is 5.75 Å². The molecule has 1 atom stereocenters. The number of rotatable bonds is 7. The SMILES string of the molecule is CCC(=O)Nc1ccc(C(=O)NNC(=O)[C@@H](C)Oc2ccc(CC)cc2)cc1. The number of ether oxygens (including phenoxy) is 1. The Kier molecular flexibility index (Phi) is 7.56. The van der Waals surface area contributed by atoms with Crippen molar-refractivity contribution in [2.75, 3.05) is 5.32 Å². The van der Waals surface area contributed by atoms with Crippen LogP contribution in [-0.4, -0.2) is 23.8 Å². The van der Waals surface area contributed by atoms with Crippen LogP contribution in [0.4, 0.5) is 5.69 Å². The number of anilines is 1. The molecule has 0 spiro atoms. The van der Waals surface area contributed by atoms with E-state index in [1.165, 1.54) is 5.56 Å². The molecule has 28 heavy (non-hydrogen) atoms. The Morgan fingerprint density at radius 3 is 2.14 bits per heavy atom. The van der Waals surface area contributed by atoms with Crippen LogP contribution in [0.1, 0.15) is 43.1 Å². The fraction of sp³-hybridized carbons (Fsp3) is 0.286. The second kappa shape index (κ2) is 10.1. The smallest absolute Gasteiger partial charge is 0.279 e. The number of carbonyl (C=O) groups excluding carboxylic acids is 3. The summed E-state index contributed by atoms with van der Waals surface area (Å²) in [6.07, 6.45) is 0.519. The van der Waals surface area contributed by atoms with Crippen LogP contribution in [0, 0.1) is 0 Å². The van der Waals surface area contributed by atoms with Crippen molar-refractivity contribution in [2.24, 2.45) is 0 Å². The predicted octanol–water partition coefficient (Wildman–Crippen LogP) is 2.83. The lowest BCUT2D eigenvalue weighted by atomic mass is 10.2. The monoisotopic (exact) mass is 383 g/mol. The molecular formula is C21H25N3O4. The van der Waals surface area contributed by atoms with E-state index in [1.54, 1.807) is 50.2 Å². The number of benzene rings is 2. The molecule has 0 fully saturated rings. The lowest BCUT2D eigenvalue weighted by Gasteiger charge is -2.15. The van der Waals surface area contributed by atoms with Gasteiger partial charge in [-0.2, -0.15) is 0 Å². The summed E-state index contributed by atoms with van der Waals surface area (Å²) in [5, 5.41) is 2.70. The predicted molar refractivity (Wildman–Crippen MR) is 107 cm³/mol. The lowest BCUT2D eigenvalue weighted by molar-refractivity contribution is -0.128. The van der Waals surface area contributed by atoms with Crippen molar-refractivity contribution < 1.29 is 19.1 Å². The van der Waals surface area contributed by atoms with Gasteiger partial charge in [0.05, 0.1) is 0 Å². The molecule has 7 nitrogen and oxygen atoms in total. The number of hydrogen-bond donors (Lipinski definition) is 3. The Bertz CT molecular complexity index is 817. The zero-order valence-corrected chi connectivity index (χ0v) is 16.2. The van der Waals surface area contributed by atoms with Crippen LogP contribution in [0.2, 0.25) is 0 Å². The highest BCUT2D eigenvalue weighted by atomic mass is 16.5. The molecule has 0 unspecified atom stereocenters. The lowest BCUT2D eigenvalue weighted by Crippen LogP contribution is -2.47. The Labute approximate surface area is 164 Å². The maximum absolute atomic E-state index is 12.1. The number of hydrazine groups is 1. The maximum Gasteiger partial charge on any atom is 0.279 e. The van der Waals surface area contributed by atoms with Crippen LogP contribution in [0.15, 0.2) is 48.5 Å². The van der Waals surface area contributed by atoms with Crippen molar-refractivity contribution >= 4 is 23.4 Å². The molecule has 2 aromatic carbocycles. The van der Waals surface area contributed by atoms with Crippen molar-refractivity contribution in [3.8, 4) is 5.75 Å². The summed E-state index contributed by atoms with van der Waals surface area (Å²) in [6, 6.07) is 13.8. The average molecular weight is 383 g/mol. The van der Waals surface area contributed by atoms with Crippen LogP contribution in [0.25, 0.3) is 0 Å². The number of carbonyl (C=O) groups is 3. The van der Waals surface area contributed by atoms with Crippen molar-refractivity contribution in [1.29, 1.82) is 0 Å². The molecular weight excluding hydrogens is 358 g/mol.